The number of nitrogens with two attached hydrogens (primary N) is 1. The maximum Gasteiger partial charge on any atom is 0.224 e. The minimum atomic E-state index is 0.322. The first kappa shape index (κ1) is 20.7. The number of aromatic amines is 1. The molecule has 1 aliphatic rings. The van der Waals surface area contributed by atoms with Gasteiger partial charge in [0.1, 0.15) is 5.69 Å². The number of nitrogens with zero attached hydrogens (tertiary/aromatic N) is 3. The van der Waals surface area contributed by atoms with Crippen molar-refractivity contribution < 1.29 is 0 Å². The summed E-state index contributed by atoms with van der Waals surface area (Å²) in [5.74, 6) is 0.631. The second-order valence-electron chi connectivity index (χ2n) is 8.34. The molecule has 1 aliphatic carbocycles. The smallest absolute Gasteiger partial charge is 0.224 e. The highest BCUT2D eigenvalue weighted by atomic mass is 35.5. The van der Waals surface area contributed by atoms with Crippen molar-refractivity contribution in [1.29, 1.82) is 0 Å². The summed E-state index contributed by atoms with van der Waals surface area (Å²) in [6.07, 6.45) is 6.01. The van der Waals surface area contributed by atoms with Crippen LogP contribution in [0.1, 0.15) is 31.2 Å². The predicted octanol–water partition coefficient (Wildman–Crippen LogP) is 4.97. The Hall–Kier alpha value is -3.16. The molecule has 0 aliphatic heterocycles. The summed E-state index contributed by atoms with van der Waals surface area (Å²) in [4.78, 5) is 9.19. The van der Waals surface area contributed by atoms with Gasteiger partial charge in [-0.1, -0.05) is 35.9 Å². The molecule has 1 fully saturated rings. The maximum atomic E-state index is 6.01. The van der Waals surface area contributed by atoms with Crippen LogP contribution >= 0.6 is 11.6 Å². The molecule has 2 aromatic carbocycles. The number of nitrogens with one attached hydrogen (secondary N) is 3. The molecule has 2 aromatic heterocycles. The van der Waals surface area contributed by atoms with Gasteiger partial charge in [-0.05, 0) is 55.5 Å². The van der Waals surface area contributed by atoms with E-state index in [2.05, 4.69) is 36.9 Å². The molecule has 164 valence electrons. The molecule has 2 heterocycles. The average Bonchev–Trinajstić information content (AvgIpc) is 3.24. The van der Waals surface area contributed by atoms with E-state index in [9.17, 15) is 0 Å². The van der Waals surface area contributed by atoms with Crippen LogP contribution in [0.3, 0.4) is 0 Å². The van der Waals surface area contributed by atoms with Gasteiger partial charge in [0, 0.05) is 41.1 Å². The number of H-pyrrole nitrogens is 1. The zero-order valence-corrected chi connectivity index (χ0v) is 18.4. The molecule has 0 bridgehead atoms. The summed E-state index contributed by atoms with van der Waals surface area (Å²) >= 11 is 5.97. The molecule has 5 N–H and O–H groups in total. The molecule has 0 saturated heterocycles. The summed E-state index contributed by atoms with van der Waals surface area (Å²) in [6.45, 7) is 0.714. The topological polar surface area (TPSA) is 105 Å². The number of halogens is 1. The van der Waals surface area contributed by atoms with Crippen LogP contribution in [-0.2, 0) is 6.54 Å². The van der Waals surface area contributed by atoms with Gasteiger partial charge in [0.05, 0.1) is 5.39 Å². The third-order valence-corrected chi connectivity index (χ3v) is 6.22. The van der Waals surface area contributed by atoms with E-state index in [4.69, 9.17) is 17.3 Å². The monoisotopic (exact) mass is 447 g/mol. The molecule has 5 rings (SSSR count). The summed E-state index contributed by atoms with van der Waals surface area (Å²) < 4.78 is 0. The van der Waals surface area contributed by atoms with Crippen molar-refractivity contribution in [3.05, 3.63) is 65.3 Å². The van der Waals surface area contributed by atoms with Crippen LogP contribution in [0.2, 0.25) is 5.02 Å². The van der Waals surface area contributed by atoms with Gasteiger partial charge < -0.3 is 16.4 Å². The molecular weight excluding hydrogens is 422 g/mol. The van der Waals surface area contributed by atoms with Crippen LogP contribution in [0.25, 0.3) is 22.3 Å². The van der Waals surface area contributed by atoms with Crippen LogP contribution in [0, 0.1) is 0 Å². The van der Waals surface area contributed by atoms with Gasteiger partial charge in [0.2, 0.25) is 5.95 Å². The van der Waals surface area contributed by atoms with Crippen molar-refractivity contribution in [2.45, 2.75) is 44.3 Å². The Kier molecular flexibility index (Phi) is 5.92. The molecule has 0 amide bonds. The van der Waals surface area contributed by atoms with Crippen molar-refractivity contribution in [2.75, 3.05) is 10.6 Å². The number of rotatable bonds is 6. The lowest BCUT2D eigenvalue weighted by atomic mass is 9.92. The van der Waals surface area contributed by atoms with Gasteiger partial charge in [0.15, 0.2) is 5.65 Å². The number of anilines is 2. The van der Waals surface area contributed by atoms with E-state index in [1.54, 1.807) is 0 Å². The standard InChI is InChI=1S/C24H26ClN7/c25-17-6-4-15(5-7-17)13-27-20-3-1-2-16(12-20)22-21-14-28-24(30-23(21)32-31-22)29-19-10-8-18(26)9-11-19/h1-7,12,14,18-19,27H,8-11,13,26H2,(H2,28,29,30,31,32)/t18-,19-. The number of benzene rings is 2. The van der Waals surface area contributed by atoms with Crippen molar-refractivity contribution in [1.82, 2.24) is 20.2 Å². The molecule has 0 atom stereocenters. The number of fused-ring (bicyclic) bond motifs is 1. The highest BCUT2D eigenvalue weighted by Crippen LogP contribution is 2.28. The predicted molar refractivity (Wildman–Crippen MR) is 130 cm³/mol. The second kappa shape index (κ2) is 9.14. The first-order valence-corrected chi connectivity index (χ1v) is 11.3. The van der Waals surface area contributed by atoms with E-state index in [0.29, 0.717) is 24.6 Å². The molecule has 0 spiro atoms. The first-order valence-electron chi connectivity index (χ1n) is 11.0. The quantitative estimate of drug-likeness (QED) is 0.332. The molecule has 4 aromatic rings. The summed E-state index contributed by atoms with van der Waals surface area (Å²) in [5, 5.41) is 16.1. The Balaban J connectivity index is 1.31. The summed E-state index contributed by atoms with van der Waals surface area (Å²) in [5.41, 5.74) is 10.8. The Morgan fingerprint density at radius 1 is 1.06 bits per heavy atom. The number of hydrogen-bond donors (Lipinski definition) is 4. The zero-order chi connectivity index (χ0) is 21.9. The Bertz CT molecular complexity index is 1200. The van der Waals surface area contributed by atoms with Crippen molar-refractivity contribution >= 4 is 34.3 Å². The van der Waals surface area contributed by atoms with Gasteiger partial charge >= 0.3 is 0 Å². The van der Waals surface area contributed by atoms with Gasteiger partial charge in [-0.15, -0.1) is 0 Å². The average molecular weight is 448 g/mol. The van der Waals surface area contributed by atoms with E-state index in [1.807, 2.05) is 48.7 Å². The fourth-order valence-corrected chi connectivity index (χ4v) is 4.25. The zero-order valence-electron chi connectivity index (χ0n) is 17.7. The normalized spacial score (nSPS) is 18.6. The Labute approximate surface area is 191 Å². The lowest BCUT2D eigenvalue weighted by Gasteiger charge is -2.26. The van der Waals surface area contributed by atoms with Gasteiger partial charge in [-0.2, -0.15) is 10.1 Å². The third kappa shape index (κ3) is 4.69. The van der Waals surface area contributed by atoms with E-state index in [-0.39, 0.29) is 0 Å². The van der Waals surface area contributed by atoms with E-state index >= 15 is 0 Å². The number of hydrogen-bond acceptors (Lipinski definition) is 6. The molecule has 0 unspecified atom stereocenters. The second-order valence-corrected chi connectivity index (χ2v) is 8.78. The molecule has 0 radical (unpaired) electrons. The molecule has 1 saturated carbocycles. The minimum absolute atomic E-state index is 0.322. The largest absolute Gasteiger partial charge is 0.381 e. The van der Waals surface area contributed by atoms with Gasteiger partial charge in [0.25, 0.3) is 0 Å². The molecular formula is C24H26ClN7. The first-order chi connectivity index (χ1) is 15.6. The lowest BCUT2D eigenvalue weighted by Crippen LogP contribution is -2.33. The van der Waals surface area contributed by atoms with E-state index < -0.39 is 0 Å². The number of aromatic nitrogens is 4. The Morgan fingerprint density at radius 2 is 1.88 bits per heavy atom. The fraction of sp³-hybridized carbons (Fsp3) is 0.292. The van der Waals surface area contributed by atoms with Crippen LogP contribution in [0.4, 0.5) is 11.6 Å². The van der Waals surface area contributed by atoms with Crippen LogP contribution in [-0.4, -0.2) is 32.2 Å². The van der Waals surface area contributed by atoms with Crippen LogP contribution < -0.4 is 16.4 Å². The van der Waals surface area contributed by atoms with Crippen LogP contribution in [0.5, 0.6) is 0 Å². The van der Waals surface area contributed by atoms with Crippen molar-refractivity contribution in [3.63, 3.8) is 0 Å². The third-order valence-electron chi connectivity index (χ3n) is 5.97. The van der Waals surface area contributed by atoms with Crippen molar-refractivity contribution in [3.8, 4) is 11.3 Å². The van der Waals surface area contributed by atoms with Crippen LogP contribution in [0.15, 0.2) is 54.7 Å². The fourth-order valence-electron chi connectivity index (χ4n) is 4.13. The van der Waals surface area contributed by atoms with Gasteiger partial charge in [-0.3, -0.25) is 5.10 Å². The Morgan fingerprint density at radius 3 is 2.69 bits per heavy atom. The van der Waals surface area contributed by atoms with Gasteiger partial charge in [-0.25, -0.2) is 4.98 Å². The maximum absolute atomic E-state index is 6.01. The van der Waals surface area contributed by atoms with Crippen molar-refractivity contribution in [2.24, 2.45) is 5.73 Å². The highest BCUT2D eigenvalue weighted by molar-refractivity contribution is 6.30. The highest BCUT2D eigenvalue weighted by Gasteiger charge is 2.19. The van der Waals surface area contributed by atoms with E-state index in [0.717, 1.165) is 58.7 Å². The minimum Gasteiger partial charge on any atom is -0.381 e. The lowest BCUT2D eigenvalue weighted by molar-refractivity contribution is 0.410. The van der Waals surface area contributed by atoms with E-state index in [1.165, 1.54) is 5.56 Å². The summed E-state index contributed by atoms with van der Waals surface area (Å²) in [6, 6.07) is 16.7. The molecule has 32 heavy (non-hydrogen) atoms. The molecule has 7 nitrogen and oxygen atoms in total. The molecule has 8 heteroatoms. The SMILES string of the molecule is N[C@H]1CC[C@H](Nc2ncc3c(-c4cccc(NCc5ccc(Cl)cc5)c4)n[nH]c3n2)CC1. The summed E-state index contributed by atoms with van der Waals surface area (Å²) in [7, 11) is 0.